The number of alkyl halides is 1. The number of sulfonamides is 1. The van der Waals surface area contributed by atoms with Gasteiger partial charge in [-0.25, -0.2) is 8.42 Å². The second-order valence-corrected chi connectivity index (χ2v) is 7.64. The lowest BCUT2D eigenvalue weighted by Crippen LogP contribution is -2.31. The van der Waals surface area contributed by atoms with Crippen LogP contribution in [0.2, 0.25) is 0 Å². The first-order valence-corrected chi connectivity index (χ1v) is 9.46. The number of aliphatic hydroxyl groups excluding tert-OH is 1. The van der Waals surface area contributed by atoms with E-state index in [1.54, 1.807) is 28.6 Å². The highest BCUT2D eigenvalue weighted by Crippen LogP contribution is 2.22. The lowest BCUT2D eigenvalue weighted by Gasteiger charge is -2.20. The molecule has 0 aliphatic carbocycles. The quantitative estimate of drug-likeness (QED) is 0.838. The summed E-state index contributed by atoms with van der Waals surface area (Å²) >= 11 is 3.20. The summed E-state index contributed by atoms with van der Waals surface area (Å²) in [5.74, 6) is 0. The summed E-state index contributed by atoms with van der Waals surface area (Å²) in [6, 6.07) is 6.52. The van der Waals surface area contributed by atoms with Crippen molar-refractivity contribution in [1.29, 1.82) is 0 Å². The van der Waals surface area contributed by atoms with Gasteiger partial charge in [-0.05, 0) is 30.5 Å². The second kappa shape index (κ2) is 7.02. The van der Waals surface area contributed by atoms with Crippen molar-refractivity contribution in [1.82, 2.24) is 4.31 Å². The molecule has 1 fully saturated rings. The average molecular weight is 362 g/mol. The van der Waals surface area contributed by atoms with Crippen LogP contribution in [0.3, 0.4) is 0 Å². The zero-order chi connectivity index (χ0) is 14.6. The molecule has 0 saturated carbocycles. The first-order chi connectivity index (χ1) is 9.55. The summed E-state index contributed by atoms with van der Waals surface area (Å²) in [5.41, 5.74) is 0.719. The fraction of sp³-hybridized carbons (Fsp3) is 0.571. The van der Waals surface area contributed by atoms with Gasteiger partial charge in [0.2, 0.25) is 10.0 Å². The maximum absolute atomic E-state index is 12.5. The van der Waals surface area contributed by atoms with Crippen LogP contribution in [-0.4, -0.2) is 36.2 Å². The van der Waals surface area contributed by atoms with Crippen molar-refractivity contribution in [3.63, 3.8) is 0 Å². The standard InChI is InChI=1S/C14H20BrNO3S/c15-11-14(17)12-5-7-13(8-6-12)20(18,19)16-9-3-1-2-4-10-16/h5-8,14,17H,1-4,9-11H2/t14-/m1/s1. The first-order valence-electron chi connectivity index (χ1n) is 6.90. The summed E-state index contributed by atoms with van der Waals surface area (Å²) in [6.45, 7) is 1.21. The van der Waals surface area contributed by atoms with E-state index in [0.29, 0.717) is 23.3 Å². The topological polar surface area (TPSA) is 57.6 Å². The molecule has 112 valence electrons. The summed E-state index contributed by atoms with van der Waals surface area (Å²) in [6.07, 6.45) is 3.45. The molecule has 1 N–H and O–H groups in total. The third kappa shape index (κ3) is 3.61. The third-order valence-electron chi connectivity index (χ3n) is 3.61. The maximum atomic E-state index is 12.5. The van der Waals surface area contributed by atoms with Gasteiger partial charge >= 0.3 is 0 Å². The van der Waals surface area contributed by atoms with Gasteiger partial charge in [0.25, 0.3) is 0 Å². The summed E-state index contributed by atoms with van der Waals surface area (Å²) in [7, 11) is -3.39. The molecular formula is C14H20BrNO3S. The molecule has 1 aromatic carbocycles. The van der Waals surface area contributed by atoms with Gasteiger partial charge in [0, 0.05) is 18.4 Å². The Bertz CT molecular complexity index is 522. The van der Waals surface area contributed by atoms with Gasteiger partial charge in [-0.15, -0.1) is 0 Å². The van der Waals surface area contributed by atoms with Crippen LogP contribution in [0.15, 0.2) is 29.2 Å². The molecule has 0 radical (unpaired) electrons. The molecule has 0 amide bonds. The Hall–Kier alpha value is -0.430. The Morgan fingerprint density at radius 3 is 2.15 bits per heavy atom. The van der Waals surface area contributed by atoms with Crippen molar-refractivity contribution in [2.45, 2.75) is 36.7 Å². The predicted octanol–water partition coefficient (Wildman–Crippen LogP) is 2.68. The SMILES string of the molecule is O=S(=O)(c1ccc([C@H](O)CBr)cc1)N1CCCCCC1. The smallest absolute Gasteiger partial charge is 0.243 e. The second-order valence-electron chi connectivity index (χ2n) is 5.06. The van der Waals surface area contributed by atoms with E-state index in [-0.39, 0.29) is 0 Å². The predicted molar refractivity (Wildman–Crippen MR) is 82.4 cm³/mol. The van der Waals surface area contributed by atoms with Crippen molar-refractivity contribution in [2.75, 3.05) is 18.4 Å². The number of halogens is 1. The summed E-state index contributed by atoms with van der Waals surface area (Å²) < 4.78 is 26.7. The normalized spacial score (nSPS) is 19.5. The molecule has 20 heavy (non-hydrogen) atoms. The fourth-order valence-corrected chi connectivity index (χ4v) is 4.27. The highest BCUT2D eigenvalue weighted by Gasteiger charge is 2.25. The molecule has 0 spiro atoms. The number of aliphatic hydroxyl groups is 1. The van der Waals surface area contributed by atoms with Gasteiger partial charge in [0.15, 0.2) is 0 Å². The molecule has 1 atom stereocenters. The zero-order valence-corrected chi connectivity index (χ0v) is 13.7. The van der Waals surface area contributed by atoms with E-state index in [1.807, 2.05) is 0 Å². The van der Waals surface area contributed by atoms with Crippen LogP contribution in [0.25, 0.3) is 0 Å². The highest BCUT2D eigenvalue weighted by molar-refractivity contribution is 9.09. The number of benzene rings is 1. The molecule has 2 rings (SSSR count). The van der Waals surface area contributed by atoms with Gasteiger partial charge in [-0.1, -0.05) is 40.9 Å². The first kappa shape index (κ1) is 15.9. The molecule has 1 aromatic rings. The minimum Gasteiger partial charge on any atom is -0.388 e. The molecule has 0 bridgehead atoms. The lowest BCUT2D eigenvalue weighted by atomic mass is 10.1. The number of rotatable bonds is 4. The van der Waals surface area contributed by atoms with Crippen molar-refractivity contribution < 1.29 is 13.5 Å². The Kier molecular flexibility index (Phi) is 5.60. The molecule has 0 aromatic heterocycles. The summed E-state index contributed by atoms with van der Waals surface area (Å²) in [5, 5.41) is 10.1. The van der Waals surface area contributed by atoms with Crippen LogP contribution in [0.5, 0.6) is 0 Å². The Labute approximate surface area is 129 Å². The van der Waals surface area contributed by atoms with Crippen LogP contribution in [0.4, 0.5) is 0 Å². The third-order valence-corrected chi connectivity index (χ3v) is 6.14. The van der Waals surface area contributed by atoms with Gasteiger partial charge in [0.05, 0.1) is 11.0 Å². The zero-order valence-electron chi connectivity index (χ0n) is 11.3. The number of nitrogens with zero attached hydrogens (tertiary/aromatic N) is 1. The van der Waals surface area contributed by atoms with Gasteiger partial charge in [-0.3, -0.25) is 0 Å². The minimum absolute atomic E-state index is 0.310. The summed E-state index contributed by atoms with van der Waals surface area (Å²) in [4.78, 5) is 0.310. The van der Waals surface area contributed by atoms with Crippen molar-refractivity contribution >= 4 is 26.0 Å². The Morgan fingerprint density at radius 1 is 1.10 bits per heavy atom. The number of hydrogen-bond donors (Lipinski definition) is 1. The Balaban J connectivity index is 2.20. The molecule has 1 saturated heterocycles. The monoisotopic (exact) mass is 361 g/mol. The van der Waals surface area contributed by atoms with E-state index in [9.17, 15) is 13.5 Å². The van der Waals surface area contributed by atoms with Crippen LogP contribution in [0.1, 0.15) is 37.4 Å². The van der Waals surface area contributed by atoms with E-state index >= 15 is 0 Å². The van der Waals surface area contributed by atoms with E-state index in [2.05, 4.69) is 15.9 Å². The van der Waals surface area contributed by atoms with Crippen LogP contribution in [0, 0.1) is 0 Å². The highest BCUT2D eigenvalue weighted by atomic mass is 79.9. The fourth-order valence-electron chi connectivity index (χ4n) is 2.38. The van der Waals surface area contributed by atoms with E-state index < -0.39 is 16.1 Å². The minimum atomic E-state index is -3.39. The van der Waals surface area contributed by atoms with Gasteiger partial charge in [-0.2, -0.15) is 4.31 Å². The largest absolute Gasteiger partial charge is 0.388 e. The average Bonchev–Trinajstić information content (AvgIpc) is 2.76. The molecule has 1 heterocycles. The van der Waals surface area contributed by atoms with Crippen molar-refractivity contribution in [2.24, 2.45) is 0 Å². The molecular weight excluding hydrogens is 342 g/mol. The van der Waals surface area contributed by atoms with Crippen LogP contribution < -0.4 is 0 Å². The van der Waals surface area contributed by atoms with Crippen LogP contribution >= 0.6 is 15.9 Å². The molecule has 1 aliphatic rings. The molecule has 4 nitrogen and oxygen atoms in total. The molecule has 0 unspecified atom stereocenters. The maximum Gasteiger partial charge on any atom is 0.243 e. The number of hydrogen-bond acceptors (Lipinski definition) is 3. The molecule has 6 heteroatoms. The van der Waals surface area contributed by atoms with Crippen molar-refractivity contribution in [3.05, 3.63) is 29.8 Å². The Morgan fingerprint density at radius 2 is 1.65 bits per heavy atom. The molecule has 1 aliphatic heterocycles. The van der Waals surface area contributed by atoms with Gasteiger partial charge in [0.1, 0.15) is 0 Å². The van der Waals surface area contributed by atoms with E-state index in [0.717, 1.165) is 31.2 Å². The lowest BCUT2D eigenvalue weighted by molar-refractivity contribution is 0.205. The van der Waals surface area contributed by atoms with Crippen molar-refractivity contribution in [3.8, 4) is 0 Å². The van der Waals surface area contributed by atoms with Crippen LogP contribution in [-0.2, 0) is 10.0 Å². The van der Waals surface area contributed by atoms with Gasteiger partial charge < -0.3 is 5.11 Å². The van der Waals surface area contributed by atoms with E-state index in [4.69, 9.17) is 0 Å². The van der Waals surface area contributed by atoms with E-state index in [1.165, 1.54) is 0 Å².